The van der Waals surface area contributed by atoms with E-state index in [1.165, 1.54) is 5.32 Å². The van der Waals surface area contributed by atoms with Crippen LogP contribution < -0.4 is 5.32 Å². The Morgan fingerprint density at radius 2 is 1.14 bits per heavy atom. The van der Waals surface area contributed by atoms with E-state index in [9.17, 15) is 61.9 Å². The van der Waals surface area contributed by atoms with E-state index in [-0.39, 0.29) is 0 Å². The van der Waals surface area contributed by atoms with E-state index < -0.39 is 67.1 Å². The second kappa shape index (κ2) is 7.93. The predicted molar refractivity (Wildman–Crippen MR) is 63.3 cm³/mol. The molecule has 0 fully saturated rings. The van der Waals surface area contributed by atoms with Crippen molar-refractivity contribution in [3.63, 3.8) is 0 Å². The molecule has 0 aromatic carbocycles. The van der Waals surface area contributed by atoms with Gasteiger partial charge in [0.05, 0.1) is 6.61 Å². The van der Waals surface area contributed by atoms with E-state index in [1.807, 2.05) is 0 Å². The summed E-state index contributed by atoms with van der Waals surface area (Å²) >= 11 is 0. The van der Waals surface area contributed by atoms with Crippen LogP contribution in [0, 0.1) is 0 Å². The van der Waals surface area contributed by atoms with Crippen molar-refractivity contribution in [1.82, 2.24) is 5.32 Å². The Bertz CT molecular complexity index is 592. The fourth-order valence-electron chi connectivity index (χ4n) is 1.60. The average molecular weight is 467 g/mol. The lowest BCUT2D eigenvalue weighted by atomic mass is 9.91. The van der Waals surface area contributed by atoms with Crippen molar-refractivity contribution in [2.24, 2.45) is 0 Å². The van der Waals surface area contributed by atoms with Gasteiger partial charge in [-0.3, -0.25) is 10.1 Å². The molecule has 0 aromatic rings. The van der Waals surface area contributed by atoms with Gasteiger partial charge in [0.2, 0.25) is 0 Å². The summed E-state index contributed by atoms with van der Waals surface area (Å²) in [5.74, 6) is -40.6. The third-order valence-electron chi connectivity index (χ3n) is 3.41. The number of halogens is 13. The first-order valence-electron chi connectivity index (χ1n) is 6.75. The maximum atomic E-state index is 13.5. The molecule has 0 saturated carbocycles. The Kier molecular flexibility index (Phi) is 7.51. The van der Waals surface area contributed by atoms with Gasteiger partial charge < -0.3 is 15.3 Å². The van der Waals surface area contributed by atoms with Crippen LogP contribution in [0.4, 0.5) is 57.1 Å². The molecule has 0 spiro atoms. The van der Waals surface area contributed by atoms with E-state index in [1.54, 1.807) is 0 Å². The largest absolute Gasteiger partial charge is 0.480 e. The van der Waals surface area contributed by atoms with Gasteiger partial charge in [-0.05, 0) is 0 Å². The van der Waals surface area contributed by atoms with Gasteiger partial charge in [-0.2, -0.15) is 57.1 Å². The lowest BCUT2D eigenvalue weighted by Gasteiger charge is -2.40. The minimum Gasteiger partial charge on any atom is -0.480 e. The fourth-order valence-corrected chi connectivity index (χ4v) is 1.60. The maximum absolute atomic E-state index is 13.5. The zero-order chi connectivity index (χ0) is 23.9. The second-order valence-electron chi connectivity index (χ2n) is 5.42. The second-order valence-corrected chi connectivity index (χ2v) is 5.42. The molecule has 2 atom stereocenters. The molecule has 0 saturated heterocycles. The molecule has 0 aromatic heterocycles. The Hall–Kier alpha value is -1.56. The smallest absolute Gasteiger partial charge is 0.460 e. The van der Waals surface area contributed by atoms with Crippen molar-refractivity contribution in [2.75, 3.05) is 13.2 Å². The summed E-state index contributed by atoms with van der Waals surface area (Å²) in [5, 5.41) is 27.0. The minimum atomic E-state index is -8.10. The summed E-state index contributed by atoms with van der Waals surface area (Å²) in [6, 6.07) is -2.26. The molecular formula is C11H10F13NO4. The highest BCUT2D eigenvalue weighted by atomic mass is 19.4. The molecule has 18 heteroatoms. The van der Waals surface area contributed by atoms with Gasteiger partial charge in [0.1, 0.15) is 12.1 Å². The van der Waals surface area contributed by atoms with E-state index in [4.69, 9.17) is 15.3 Å². The van der Waals surface area contributed by atoms with E-state index >= 15 is 0 Å². The highest BCUT2D eigenvalue weighted by molar-refractivity contribution is 5.73. The van der Waals surface area contributed by atoms with E-state index in [2.05, 4.69) is 0 Å². The number of aliphatic hydroxyl groups excluding tert-OH is 2. The molecular weight excluding hydrogens is 457 g/mol. The normalized spacial score (nSPS) is 17.2. The standard InChI is InChI=1S/C11H10F13NO4/c12-6(13,4(27)1-25-3(2-26)5(28)29)7(14,15)8(16,17)9(18,19)10(20,21)11(22,23)24/h3-4,25-27H,1-2H2,(H,28,29)/t3-,4-/m0/s1. The first kappa shape index (κ1) is 27.4. The molecule has 4 N–H and O–H groups in total. The Morgan fingerprint density at radius 3 is 1.45 bits per heavy atom. The van der Waals surface area contributed by atoms with Crippen LogP contribution in [0.25, 0.3) is 0 Å². The zero-order valence-corrected chi connectivity index (χ0v) is 13.2. The SMILES string of the molecule is O=C(O)[C@H](CO)NC[C@H](O)C(F)(F)C(F)(F)C(F)(F)C(F)(F)C(F)(F)C(F)(F)F. The third-order valence-corrected chi connectivity index (χ3v) is 3.41. The number of nitrogens with one attached hydrogen (secondary N) is 1. The van der Waals surface area contributed by atoms with Crippen LogP contribution >= 0.6 is 0 Å². The van der Waals surface area contributed by atoms with E-state index in [0.717, 1.165) is 0 Å². The summed E-state index contributed by atoms with van der Waals surface area (Å²) in [6.45, 7) is -3.55. The van der Waals surface area contributed by atoms with Crippen molar-refractivity contribution in [1.29, 1.82) is 0 Å². The summed E-state index contributed by atoms with van der Waals surface area (Å²) in [6.07, 6.45) is -11.8. The first-order chi connectivity index (χ1) is 12.5. The molecule has 0 radical (unpaired) electrons. The number of carbonyl (C=O) groups is 1. The minimum absolute atomic E-state index is 1.22. The van der Waals surface area contributed by atoms with Crippen molar-refractivity contribution >= 4 is 5.97 Å². The number of aliphatic hydroxyl groups is 2. The molecule has 0 amide bonds. The number of carboxylic acids is 1. The number of hydrogen-bond acceptors (Lipinski definition) is 4. The van der Waals surface area contributed by atoms with Crippen LogP contribution in [0.1, 0.15) is 0 Å². The van der Waals surface area contributed by atoms with Crippen molar-refractivity contribution < 1.29 is 77.2 Å². The molecule has 0 rings (SSSR count). The molecule has 29 heavy (non-hydrogen) atoms. The van der Waals surface area contributed by atoms with Gasteiger partial charge in [-0.1, -0.05) is 0 Å². The lowest BCUT2D eigenvalue weighted by molar-refractivity contribution is -0.444. The van der Waals surface area contributed by atoms with E-state index in [0.29, 0.717) is 0 Å². The van der Waals surface area contributed by atoms with Gasteiger partial charge in [0, 0.05) is 6.54 Å². The third kappa shape index (κ3) is 4.32. The summed E-state index contributed by atoms with van der Waals surface area (Å²) in [5.41, 5.74) is 0. The van der Waals surface area contributed by atoms with Crippen LogP contribution in [-0.4, -0.2) is 82.4 Å². The lowest BCUT2D eigenvalue weighted by Crippen LogP contribution is -2.72. The number of rotatable bonds is 10. The molecule has 0 aliphatic heterocycles. The van der Waals surface area contributed by atoms with Crippen molar-refractivity contribution in [3.05, 3.63) is 0 Å². The summed E-state index contributed by atoms with van der Waals surface area (Å²) in [7, 11) is 0. The van der Waals surface area contributed by atoms with Crippen LogP contribution in [-0.2, 0) is 4.79 Å². The number of alkyl halides is 13. The molecule has 5 nitrogen and oxygen atoms in total. The van der Waals surface area contributed by atoms with Crippen LogP contribution in [0.2, 0.25) is 0 Å². The number of aliphatic carboxylic acids is 1. The quantitative estimate of drug-likeness (QED) is 0.370. The van der Waals surface area contributed by atoms with Crippen LogP contribution in [0.15, 0.2) is 0 Å². The van der Waals surface area contributed by atoms with Crippen molar-refractivity contribution in [2.45, 2.75) is 47.9 Å². The van der Waals surface area contributed by atoms with Gasteiger partial charge in [0.25, 0.3) is 0 Å². The van der Waals surface area contributed by atoms with Gasteiger partial charge in [-0.15, -0.1) is 0 Å². The van der Waals surface area contributed by atoms with Gasteiger partial charge >= 0.3 is 41.8 Å². The van der Waals surface area contributed by atoms with Gasteiger partial charge in [0.15, 0.2) is 0 Å². The molecule has 0 aliphatic rings. The molecule has 0 aliphatic carbocycles. The summed E-state index contributed by atoms with van der Waals surface area (Å²) in [4.78, 5) is 10.4. The fraction of sp³-hybridized carbons (Fsp3) is 0.909. The molecule has 174 valence electrons. The highest BCUT2D eigenvalue weighted by Crippen LogP contribution is 2.60. The molecule has 0 unspecified atom stereocenters. The Balaban J connectivity index is 6.00. The first-order valence-corrected chi connectivity index (χ1v) is 6.75. The van der Waals surface area contributed by atoms with Crippen LogP contribution in [0.3, 0.4) is 0 Å². The zero-order valence-electron chi connectivity index (χ0n) is 13.2. The Morgan fingerprint density at radius 1 is 0.759 bits per heavy atom. The summed E-state index contributed by atoms with van der Waals surface area (Å²) < 4.78 is 167. The number of carboxylic acid groups (broad SMARTS) is 1. The Labute approximate surface area is 151 Å². The maximum Gasteiger partial charge on any atom is 0.460 e. The van der Waals surface area contributed by atoms with Crippen molar-refractivity contribution in [3.8, 4) is 0 Å². The highest BCUT2D eigenvalue weighted by Gasteiger charge is 2.91. The predicted octanol–water partition coefficient (Wildman–Crippen LogP) is 2.12. The van der Waals surface area contributed by atoms with Gasteiger partial charge in [-0.25, -0.2) is 0 Å². The monoisotopic (exact) mass is 467 g/mol. The average Bonchev–Trinajstić information content (AvgIpc) is 2.52. The number of hydrogen-bond donors (Lipinski definition) is 4. The topological polar surface area (TPSA) is 89.8 Å². The van der Waals surface area contributed by atoms with Crippen LogP contribution in [0.5, 0.6) is 0 Å². The molecule has 0 bridgehead atoms. The molecule has 0 heterocycles.